The lowest BCUT2D eigenvalue weighted by Gasteiger charge is -2.44. The molecule has 0 aromatic heterocycles. The van der Waals surface area contributed by atoms with Crippen molar-refractivity contribution in [3.05, 3.63) is 47.6 Å². The number of hydrogen-bond acceptors (Lipinski definition) is 5. The highest BCUT2D eigenvalue weighted by Crippen LogP contribution is 2.59. The molecule has 0 amide bonds. The Morgan fingerprint density at radius 1 is 1.19 bits per heavy atom. The van der Waals surface area contributed by atoms with Gasteiger partial charge in [-0.2, -0.15) is 0 Å². The fourth-order valence-electron chi connectivity index (χ4n) is 7.30. The van der Waals surface area contributed by atoms with Crippen LogP contribution in [-0.4, -0.2) is 46.2 Å². The molecule has 0 bridgehead atoms. The van der Waals surface area contributed by atoms with E-state index in [1.54, 1.807) is 0 Å². The van der Waals surface area contributed by atoms with E-state index in [0.717, 1.165) is 43.3 Å². The third-order valence-electron chi connectivity index (χ3n) is 9.73. The van der Waals surface area contributed by atoms with E-state index < -0.39 is 23.7 Å². The van der Waals surface area contributed by atoms with Crippen molar-refractivity contribution in [2.24, 2.45) is 28.6 Å². The molecule has 0 aliphatic heterocycles. The minimum atomic E-state index is -0.781. The molecule has 0 saturated heterocycles. The molecule has 0 aromatic carbocycles. The number of hydrogen-bond donors (Lipinski definition) is 3. The maximum atomic E-state index is 12.5. The molecule has 7 atom stereocenters. The molecule has 0 heterocycles. The number of allylic oxidation sites excluding steroid dienone is 4. The van der Waals surface area contributed by atoms with Crippen LogP contribution in [-0.2, 0) is 9.53 Å². The summed E-state index contributed by atoms with van der Waals surface area (Å²) >= 11 is 0. The first-order valence-corrected chi connectivity index (χ1v) is 14.1. The van der Waals surface area contributed by atoms with Crippen LogP contribution >= 0.6 is 0 Å². The largest absolute Gasteiger partial charge is 0.465 e. The molecule has 5 heteroatoms. The molecule has 36 heavy (non-hydrogen) atoms. The molecule has 4 aliphatic carbocycles. The Hall–Kier alpha value is -1.69. The second-order valence-electron chi connectivity index (χ2n) is 12.1. The summed E-state index contributed by atoms with van der Waals surface area (Å²) in [5.41, 5.74) is 2.66. The smallest absolute Gasteiger partial charge is 0.315 e. The molecule has 5 nitrogen and oxygen atoms in total. The normalized spacial score (nSPS) is 37.8. The van der Waals surface area contributed by atoms with Gasteiger partial charge < -0.3 is 20.1 Å². The Labute approximate surface area is 217 Å². The third-order valence-corrected chi connectivity index (χ3v) is 9.73. The molecule has 4 rings (SSSR count). The van der Waals surface area contributed by atoms with Crippen molar-refractivity contribution in [1.82, 2.24) is 0 Å². The Morgan fingerprint density at radius 3 is 2.64 bits per heavy atom. The topological polar surface area (TPSA) is 87.0 Å². The summed E-state index contributed by atoms with van der Waals surface area (Å²) in [7, 11) is 0. The molecule has 0 unspecified atom stereocenters. The van der Waals surface area contributed by atoms with E-state index in [9.17, 15) is 20.1 Å². The Balaban J connectivity index is 1.44. The number of fused-ring (bicyclic) bond motifs is 1. The molecule has 0 aromatic rings. The third kappa shape index (κ3) is 5.30. The van der Waals surface area contributed by atoms with Gasteiger partial charge in [0.25, 0.3) is 0 Å². The van der Waals surface area contributed by atoms with Crippen molar-refractivity contribution in [3.63, 3.8) is 0 Å². The van der Waals surface area contributed by atoms with E-state index in [0.29, 0.717) is 50.0 Å². The minimum absolute atomic E-state index is 0.206. The predicted molar refractivity (Wildman–Crippen MR) is 142 cm³/mol. The first kappa shape index (κ1) is 27.3. The number of ether oxygens (including phenoxy) is 1. The predicted octanol–water partition coefficient (Wildman–Crippen LogP) is 5.41. The second-order valence-corrected chi connectivity index (χ2v) is 12.1. The monoisotopic (exact) mass is 498 g/mol. The van der Waals surface area contributed by atoms with E-state index in [-0.39, 0.29) is 11.4 Å². The summed E-state index contributed by atoms with van der Waals surface area (Å²) in [6.45, 7) is 11.1. The zero-order chi connectivity index (χ0) is 26.1. The van der Waals surface area contributed by atoms with Crippen molar-refractivity contribution >= 4 is 5.97 Å². The highest BCUT2D eigenvalue weighted by Gasteiger charge is 2.56. The number of aliphatic hydroxyl groups excluding tert-OH is 3. The Morgan fingerprint density at radius 2 is 1.94 bits per heavy atom. The molecule has 3 N–H and O–H groups in total. The van der Waals surface area contributed by atoms with Gasteiger partial charge in [0.2, 0.25) is 0 Å². The number of aliphatic hydroxyl groups is 3. The molecule has 0 radical (unpaired) electrons. The lowest BCUT2D eigenvalue weighted by Crippen LogP contribution is -2.36. The van der Waals surface area contributed by atoms with Crippen LogP contribution in [0.1, 0.15) is 85.0 Å². The summed E-state index contributed by atoms with van der Waals surface area (Å²) in [6.07, 6.45) is 15.3. The van der Waals surface area contributed by atoms with Crippen molar-refractivity contribution < 1.29 is 24.9 Å². The molecule has 200 valence electrons. The van der Waals surface area contributed by atoms with Gasteiger partial charge in [-0.3, -0.25) is 4.79 Å². The SMILES string of the molecule is C=C1C(=CC=C2CCC[C@]3(C)[C@@H]([C@H](C)C=C[C@H](O)C4(C(=O)OCCC)CC4)CC[C@@H]23)C[C@@H](O)C[C@@H]1O. The number of carbonyl (C=O) groups is 1. The molecule has 4 saturated carbocycles. The Kier molecular flexibility index (Phi) is 8.33. The van der Waals surface area contributed by atoms with Crippen LogP contribution in [0.5, 0.6) is 0 Å². The first-order chi connectivity index (χ1) is 17.1. The van der Waals surface area contributed by atoms with Gasteiger partial charge in [-0.15, -0.1) is 0 Å². The van der Waals surface area contributed by atoms with Gasteiger partial charge in [0, 0.05) is 6.42 Å². The standard InChI is InChI=1S/C31H46O5/c1-5-17-36-29(35)31(15-16-31)28(34)13-8-20(2)25-11-12-26-22(7-6-14-30(25,26)4)9-10-23-18-24(32)19-27(33)21(23)3/h8-10,13,20,24-28,32-34H,3,5-7,11-12,14-19H2,1-2,4H3/t20-,24-,25-,26+,27+,28+,30-/m1/s1. The Bertz CT molecular complexity index is 925. The van der Waals surface area contributed by atoms with E-state index in [1.165, 1.54) is 12.0 Å². The lowest BCUT2D eigenvalue weighted by molar-refractivity contribution is -0.153. The zero-order valence-electron chi connectivity index (χ0n) is 22.4. The van der Waals surface area contributed by atoms with Crippen LogP contribution in [0.3, 0.4) is 0 Å². The average molecular weight is 499 g/mol. The van der Waals surface area contributed by atoms with Crippen LogP contribution in [0.15, 0.2) is 47.6 Å². The van der Waals surface area contributed by atoms with Gasteiger partial charge in [0.1, 0.15) is 0 Å². The van der Waals surface area contributed by atoms with E-state index in [4.69, 9.17) is 4.74 Å². The van der Waals surface area contributed by atoms with Gasteiger partial charge in [-0.1, -0.05) is 57.2 Å². The van der Waals surface area contributed by atoms with Gasteiger partial charge in [0.15, 0.2) is 0 Å². The maximum absolute atomic E-state index is 12.5. The molecule has 0 spiro atoms. The quantitative estimate of drug-likeness (QED) is 0.308. The fourth-order valence-corrected chi connectivity index (χ4v) is 7.30. The van der Waals surface area contributed by atoms with Crippen LogP contribution in [0.25, 0.3) is 0 Å². The van der Waals surface area contributed by atoms with Crippen molar-refractivity contribution in [2.75, 3.05) is 6.61 Å². The summed E-state index contributed by atoms with van der Waals surface area (Å²) < 4.78 is 5.35. The van der Waals surface area contributed by atoms with Crippen molar-refractivity contribution in [3.8, 4) is 0 Å². The van der Waals surface area contributed by atoms with E-state index in [1.807, 2.05) is 13.0 Å². The van der Waals surface area contributed by atoms with Crippen LogP contribution in [0, 0.1) is 28.6 Å². The maximum Gasteiger partial charge on any atom is 0.315 e. The number of rotatable bonds is 8. The van der Waals surface area contributed by atoms with Gasteiger partial charge in [-0.25, -0.2) is 0 Å². The lowest BCUT2D eigenvalue weighted by atomic mass is 9.61. The van der Waals surface area contributed by atoms with Crippen molar-refractivity contribution in [1.29, 1.82) is 0 Å². The summed E-state index contributed by atoms with van der Waals surface area (Å²) in [6, 6.07) is 0. The fraction of sp³-hybridized carbons (Fsp3) is 0.710. The van der Waals surface area contributed by atoms with Crippen molar-refractivity contribution in [2.45, 2.75) is 103 Å². The van der Waals surface area contributed by atoms with Crippen LogP contribution < -0.4 is 0 Å². The summed E-state index contributed by atoms with van der Waals surface area (Å²) in [5.74, 6) is 1.12. The second kappa shape index (κ2) is 11.0. The first-order valence-electron chi connectivity index (χ1n) is 14.1. The van der Waals surface area contributed by atoms with Crippen LogP contribution in [0.2, 0.25) is 0 Å². The molecular weight excluding hydrogens is 452 g/mol. The van der Waals surface area contributed by atoms with Gasteiger partial charge >= 0.3 is 5.97 Å². The molecular formula is C31H46O5. The molecule has 4 fully saturated rings. The molecule has 4 aliphatic rings. The van der Waals surface area contributed by atoms with Crippen LogP contribution in [0.4, 0.5) is 0 Å². The van der Waals surface area contributed by atoms with Gasteiger partial charge in [0.05, 0.1) is 30.3 Å². The average Bonchev–Trinajstić information content (AvgIpc) is 3.58. The zero-order valence-corrected chi connectivity index (χ0v) is 22.4. The summed E-state index contributed by atoms with van der Waals surface area (Å²) in [4.78, 5) is 12.5. The summed E-state index contributed by atoms with van der Waals surface area (Å²) in [5, 5.41) is 31.1. The minimum Gasteiger partial charge on any atom is -0.465 e. The van der Waals surface area contributed by atoms with E-state index in [2.05, 4.69) is 38.7 Å². The highest BCUT2D eigenvalue weighted by molar-refractivity contribution is 5.81. The van der Waals surface area contributed by atoms with Gasteiger partial charge in [-0.05, 0) is 92.1 Å². The number of carbonyl (C=O) groups excluding carboxylic acids is 1. The highest BCUT2D eigenvalue weighted by atomic mass is 16.5. The van der Waals surface area contributed by atoms with E-state index >= 15 is 0 Å². The number of esters is 1.